The van der Waals surface area contributed by atoms with Crippen molar-refractivity contribution in [1.29, 1.82) is 0 Å². The predicted octanol–water partition coefficient (Wildman–Crippen LogP) is 4.19. The van der Waals surface area contributed by atoms with Crippen molar-refractivity contribution >= 4 is 17.5 Å². The molecule has 0 aliphatic carbocycles. The number of hydrogen-bond donors (Lipinski definition) is 0. The van der Waals surface area contributed by atoms with Crippen molar-refractivity contribution in [1.82, 2.24) is 0 Å². The van der Waals surface area contributed by atoms with E-state index in [1.54, 1.807) is 6.92 Å². The summed E-state index contributed by atoms with van der Waals surface area (Å²) in [5.41, 5.74) is 3.13. The lowest BCUT2D eigenvalue weighted by molar-refractivity contribution is -0.384. The fourth-order valence-electron chi connectivity index (χ4n) is 1.94. The molecule has 2 rings (SSSR count). The van der Waals surface area contributed by atoms with E-state index in [0.29, 0.717) is 11.1 Å². The van der Waals surface area contributed by atoms with E-state index in [2.05, 4.69) is 0 Å². The summed E-state index contributed by atoms with van der Waals surface area (Å²) >= 11 is 0. The van der Waals surface area contributed by atoms with Crippen LogP contribution < -0.4 is 0 Å². The normalized spacial score (nSPS) is 11.2. The van der Waals surface area contributed by atoms with Gasteiger partial charge in [-0.1, -0.05) is 29.8 Å². The molecule has 21 heavy (non-hydrogen) atoms. The fraction of sp³-hybridized carbons (Fsp3) is 0.118. The van der Waals surface area contributed by atoms with Crippen molar-refractivity contribution in [3.63, 3.8) is 0 Å². The Balaban J connectivity index is 2.22. The number of carbonyl (C=O) groups excluding carboxylic acids is 1. The van der Waals surface area contributed by atoms with Gasteiger partial charge in [0.25, 0.3) is 5.69 Å². The van der Waals surface area contributed by atoms with E-state index in [0.717, 1.165) is 11.1 Å². The molecule has 0 amide bonds. The van der Waals surface area contributed by atoms with Gasteiger partial charge < -0.3 is 0 Å². The van der Waals surface area contributed by atoms with Crippen molar-refractivity contribution in [2.24, 2.45) is 0 Å². The number of Topliss-reactive ketones (excluding diaryl/α,β-unsaturated/α-hetero) is 1. The van der Waals surface area contributed by atoms with Crippen LogP contribution in [0, 0.1) is 17.0 Å². The van der Waals surface area contributed by atoms with Gasteiger partial charge in [0.1, 0.15) is 0 Å². The number of nitro benzene ring substituents is 1. The lowest BCUT2D eigenvalue weighted by atomic mass is 10.0. The first-order chi connectivity index (χ1) is 9.97. The smallest absolute Gasteiger partial charge is 0.269 e. The Morgan fingerprint density at radius 3 is 2.14 bits per heavy atom. The number of nitrogens with zero attached hydrogens (tertiary/aromatic N) is 1. The summed E-state index contributed by atoms with van der Waals surface area (Å²) in [6.45, 7) is 3.74. The molecule has 0 unspecified atom stereocenters. The maximum Gasteiger partial charge on any atom is 0.269 e. The average Bonchev–Trinajstić information content (AvgIpc) is 2.49. The highest BCUT2D eigenvalue weighted by Gasteiger charge is 2.11. The molecular formula is C17H15NO3. The van der Waals surface area contributed by atoms with Crippen LogP contribution in [0.15, 0.2) is 54.1 Å². The maximum absolute atomic E-state index is 12.3. The molecule has 4 heteroatoms. The number of hydrogen-bond acceptors (Lipinski definition) is 3. The zero-order valence-corrected chi connectivity index (χ0v) is 11.9. The van der Waals surface area contributed by atoms with E-state index in [9.17, 15) is 14.9 Å². The van der Waals surface area contributed by atoms with Crippen LogP contribution in [0.2, 0.25) is 0 Å². The lowest BCUT2D eigenvalue weighted by Gasteiger charge is -2.02. The van der Waals surface area contributed by atoms with Crippen LogP contribution in [-0.4, -0.2) is 10.7 Å². The third-order valence-corrected chi connectivity index (χ3v) is 3.16. The Hall–Kier alpha value is -2.75. The van der Waals surface area contributed by atoms with Gasteiger partial charge in [0, 0.05) is 17.7 Å². The zero-order valence-electron chi connectivity index (χ0n) is 11.9. The minimum absolute atomic E-state index is 0.0216. The predicted molar refractivity (Wildman–Crippen MR) is 82.3 cm³/mol. The number of benzene rings is 2. The minimum atomic E-state index is -0.483. The molecule has 0 radical (unpaired) electrons. The second-order valence-corrected chi connectivity index (χ2v) is 4.87. The molecule has 2 aromatic carbocycles. The molecule has 0 aromatic heterocycles. The van der Waals surface area contributed by atoms with Crippen molar-refractivity contribution in [2.45, 2.75) is 13.8 Å². The molecule has 0 N–H and O–H groups in total. The van der Waals surface area contributed by atoms with E-state index in [-0.39, 0.29) is 11.5 Å². The number of aryl methyl sites for hydroxylation is 1. The second kappa shape index (κ2) is 6.13. The molecule has 0 heterocycles. The number of carbonyl (C=O) groups is 1. The summed E-state index contributed by atoms with van der Waals surface area (Å²) in [6.07, 6.45) is 1.81. The molecule has 0 fully saturated rings. The molecular weight excluding hydrogens is 266 g/mol. The van der Waals surface area contributed by atoms with Gasteiger partial charge in [-0.25, -0.2) is 0 Å². The van der Waals surface area contributed by atoms with Crippen molar-refractivity contribution < 1.29 is 9.72 Å². The minimum Gasteiger partial charge on any atom is -0.289 e. The van der Waals surface area contributed by atoms with Gasteiger partial charge in [-0.2, -0.15) is 0 Å². The van der Waals surface area contributed by atoms with Gasteiger partial charge in [0.05, 0.1) is 4.92 Å². The summed E-state index contributed by atoms with van der Waals surface area (Å²) < 4.78 is 0. The first kappa shape index (κ1) is 14.7. The Bertz CT molecular complexity index is 698. The van der Waals surface area contributed by atoms with Crippen LogP contribution in [0.3, 0.4) is 0 Å². The largest absolute Gasteiger partial charge is 0.289 e. The van der Waals surface area contributed by atoms with Gasteiger partial charge in [-0.15, -0.1) is 0 Å². The summed E-state index contributed by atoms with van der Waals surface area (Å²) in [7, 11) is 0. The van der Waals surface area contributed by atoms with Crippen LogP contribution in [0.25, 0.3) is 6.08 Å². The van der Waals surface area contributed by atoms with Gasteiger partial charge in [-0.05, 0) is 43.2 Å². The van der Waals surface area contributed by atoms with E-state index in [4.69, 9.17) is 0 Å². The molecule has 4 nitrogen and oxygen atoms in total. The van der Waals surface area contributed by atoms with Gasteiger partial charge >= 0.3 is 0 Å². The van der Waals surface area contributed by atoms with Crippen molar-refractivity contribution in [2.75, 3.05) is 0 Å². The van der Waals surface area contributed by atoms with E-state index >= 15 is 0 Å². The molecule has 2 aromatic rings. The number of ketones is 1. The van der Waals surface area contributed by atoms with Crippen LogP contribution >= 0.6 is 0 Å². The number of nitro groups is 1. The fourth-order valence-corrected chi connectivity index (χ4v) is 1.94. The zero-order chi connectivity index (χ0) is 15.4. The topological polar surface area (TPSA) is 60.2 Å². The summed E-state index contributed by atoms with van der Waals surface area (Å²) in [5.74, 6) is -0.134. The van der Waals surface area contributed by atoms with Gasteiger partial charge in [0.2, 0.25) is 0 Å². The van der Waals surface area contributed by atoms with E-state index in [1.807, 2.05) is 37.3 Å². The highest BCUT2D eigenvalue weighted by atomic mass is 16.6. The van der Waals surface area contributed by atoms with Gasteiger partial charge in [0.15, 0.2) is 5.78 Å². The molecule has 0 spiro atoms. The number of allylic oxidation sites excluding steroid dienone is 1. The number of rotatable bonds is 4. The summed E-state index contributed by atoms with van der Waals surface area (Å²) in [4.78, 5) is 22.4. The van der Waals surface area contributed by atoms with Crippen molar-refractivity contribution in [3.05, 3.63) is 80.9 Å². The highest BCUT2D eigenvalue weighted by molar-refractivity contribution is 6.10. The molecule has 0 aliphatic rings. The summed E-state index contributed by atoms with van der Waals surface area (Å²) in [5, 5.41) is 10.6. The standard InChI is InChI=1S/C17H15NO3/c1-12-3-5-14(6-4-12)11-13(2)17(19)15-7-9-16(10-8-15)18(20)21/h3-11H,1-2H3. The highest BCUT2D eigenvalue weighted by Crippen LogP contribution is 2.16. The second-order valence-electron chi connectivity index (χ2n) is 4.87. The summed E-state index contributed by atoms with van der Waals surface area (Å²) in [6, 6.07) is 13.5. The Morgan fingerprint density at radius 1 is 1.05 bits per heavy atom. The molecule has 0 saturated heterocycles. The van der Waals surface area contributed by atoms with Crippen LogP contribution in [0.4, 0.5) is 5.69 Å². The van der Waals surface area contributed by atoms with Crippen LogP contribution in [0.5, 0.6) is 0 Å². The van der Waals surface area contributed by atoms with E-state index < -0.39 is 4.92 Å². The molecule has 0 atom stereocenters. The van der Waals surface area contributed by atoms with Crippen LogP contribution in [0.1, 0.15) is 28.4 Å². The van der Waals surface area contributed by atoms with Gasteiger partial charge in [-0.3, -0.25) is 14.9 Å². The Labute approximate surface area is 122 Å². The van der Waals surface area contributed by atoms with E-state index in [1.165, 1.54) is 24.3 Å². The molecule has 0 bridgehead atoms. The average molecular weight is 281 g/mol. The van der Waals surface area contributed by atoms with Crippen LogP contribution in [-0.2, 0) is 0 Å². The molecule has 0 saturated carbocycles. The SMILES string of the molecule is CC(=Cc1ccc(C)cc1)C(=O)c1ccc([N+](=O)[O-])cc1. The Kier molecular flexibility index (Phi) is 4.28. The first-order valence-electron chi connectivity index (χ1n) is 6.51. The number of non-ortho nitro benzene ring substituents is 1. The third kappa shape index (κ3) is 3.63. The Morgan fingerprint density at radius 2 is 1.62 bits per heavy atom. The lowest BCUT2D eigenvalue weighted by Crippen LogP contribution is -2.00. The molecule has 0 aliphatic heterocycles. The van der Waals surface area contributed by atoms with Crippen molar-refractivity contribution in [3.8, 4) is 0 Å². The quantitative estimate of drug-likeness (QED) is 0.365. The first-order valence-corrected chi connectivity index (χ1v) is 6.51. The maximum atomic E-state index is 12.3. The third-order valence-electron chi connectivity index (χ3n) is 3.16. The monoisotopic (exact) mass is 281 g/mol. The molecule has 106 valence electrons.